The molecule has 3 aromatic rings. The monoisotopic (exact) mass is 357 g/mol. The van der Waals surface area contributed by atoms with Crippen molar-refractivity contribution in [2.45, 2.75) is 17.2 Å². The van der Waals surface area contributed by atoms with Crippen LogP contribution in [0.25, 0.3) is 10.2 Å². The van der Waals surface area contributed by atoms with E-state index in [1.807, 2.05) is 42.5 Å². The van der Waals surface area contributed by atoms with Crippen LogP contribution in [0.5, 0.6) is 0 Å². The van der Waals surface area contributed by atoms with Gasteiger partial charge in [-0.2, -0.15) is 0 Å². The van der Waals surface area contributed by atoms with Crippen LogP contribution in [0.15, 0.2) is 58.9 Å². The molecule has 2 amide bonds. The molecule has 0 aliphatic carbocycles. The molecule has 0 saturated carbocycles. The molecule has 5 nitrogen and oxygen atoms in total. The topological polar surface area (TPSA) is 71.1 Å². The van der Waals surface area contributed by atoms with Crippen molar-refractivity contribution in [3.8, 4) is 0 Å². The summed E-state index contributed by atoms with van der Waals surface area (Å²) < 4.78 is 4.58. The number of benzene rings is 2. The summed E-state index contributed by atoms with van der Waals surface area (Å²) in [6.07, 6.45) is 0.275. The molecule has 2 N–H and O–H groups in total. The van der Waals surface area contributed by atoms with Crippen molar-refractivity contribution in [3.05, 3.63) is 54.6 Å². The zero-order chi connectivity index (χ0) is 16.8. The maximum Gasteiger partial charge on any atom is 0.230 e. The van der Waals surface area contributed by atoms with Gasteiger partial charge in [-0.25, -0.2) is 4.98 Å². The predicted octanol–water partition coefficient (Wildman–Crippen LogP) is 3.84. The lowest BCUT2D eigenvalue weighted by atomic mass is 10.2. The Bertz CT molecular complexity index is 816. The summed E-state index contributed by atoms with van der Waals surface area (Å²) in [4.78, 5) is 28.1. The minimum atomic E-state index is -0.192. The lowest BCUT2D eigenvalue weighted by Gasteiger charge is -2.05. The Kier molecular flexibility index (Phi) is 5.45. The van der Waals surface area contributed by atoms with Gasteiger partial charge in [0.25, 0.3) is 0 Å². The number of carbonyl (C=O) groups excluding carboxylic acids is 2. The largest absolute Gasteiger partial charge is 0.326 e. The molecule has 3 rings (SSSR count). The van der Waals surface area contributed by atoms with Gasteiger partial charge in [-0.15, -0.1) is 11.3 Å². The Morgan fingerprint density at radius 3 is 2.46 bits per heavy atom. The Labute approximate surface area is 147 Å². The second kappa shape index (κ2) is 7.94. The fourth-order valence-electron chi connectivity index (χ4n) is 2.02. The first-order chi connectivity index (χ1) is 11.7. The molecule has 0 atom stereocenters. The molecular weight excluding hydrogens is 342 g/mol. The van der Waals surface area contributed by atoms with E-state index >= 15 is 0 Å². The van der Waals surface area contributed by atoms with Crippen LogP contribution < -0.4 is 10.0 Å². The first-order valence-electron chi connectivity index (χ1n) is 7.37. The highest BCUT2D eigenvalue weighted by Gasteiger charge is 2.09. The smallest absolute Gasteiger partial charge is 0.230 e. The van der Waals surface area contributed by atoms with Crippen molar-refractivity contribution in [3.63, 3.8) is 0 Å². The second-order valence-corrected chi connectivity index (χ2v) is 7.07. The van der Waals surface area contributed by atoms with Gasteiger partial charge >= 0.3 is 0 Å². The third kappa shape index (κ3) is 4.56. The van der Waals surface area contributed by atoms with Gasteiger partial charge < -0.3 is 5.32 Å². The summed E-state index contributed by atoms with van der Waals surface area (Å²) in [5.41, 5.74) is 1.65. The number of para-hydroxylation sites is 2. The van der Waals surface area contributed by atoms with Gasteiger partial charge in [0.15, 0.2) is 4.34 Å². The van der Waals surface area contributed by atoms with Crippen LogP contribution in [-0.4, -0.2) is 16.8 Å². The van der Waals surface area contributed by atoms with Crippen LogP contribution in [0.4, 0.5) is 5.69 Å². The van der Waals surface area contributed by atoms with Gasteiger partial charge in [0.05, 0.1) is 10.2 Å². The van der Waals surface area contributed by atoms with Crippen molar-refractivity contribution in [2.24, 2.45) is 0 Å². The van der Waals surface area contributed by atoms with E-state index in [0.29, 0.717) is 0 Å². The average Bonchev–Trinajstić information content (AvgIpc) is 3.02. The van der Waals surface area contributed by atoms with E-state index in [1.165, 1.54) is 23.3 Å². The van der Waals surface area contributed by atoms with Crippen LogP contribution in [0, 0.1) is 0 Å². The quantitative estimate of drug-likeness (QED) is 0.658. The number of anilines is 1. The van der Waals surface area contributed by atoms with Crippen molar-refractivity contribution in [1.82, 2.24) is 9.71 Å². The molecule has 0 aliphatic heterocycles. The molecule has 0 unspecified atom stereocenters. The van der Waals surface area contributed by atoms with E-state index in [2.05, 4.69) is 15.0 Å². The highest BCUT2D eigenvalue weighted by molar-refractivity contribution is 7.99. The summed E-state index contributed by atoms with van der Waals surface area (Å²) in [6.45, 7) is 0. The fourth-order valence-corrected chi connectivity index (χ4v) is 3.72. The lowest BCUT2D eigenvalue weighted by Crippen LogP contribution is -2.19. The first kappa shape index (κ1) is 16.5. The van der Waals surface area contributed by atoms with Crippen molar-refractivity contribution >= 4 is 51.0 Å². The number of hydrogen-bond acceptors (Lipinski definition) is 5. The summed E-state index contributed by atoms with van der Waals surface area (Å²) >= 11 is 2.71. The zero-order valence-electron chi connectivity index (χ0n) is 12.7. The predicted molar refractivity (Wildman–Crippen MR) is 97.9 cm³/mol. The SMILES string of the molecule is O=C(CCC(=O)Nc1ccccc1)NSc1nc2ccccc2s1. The van der Waals surface area contributed by atoms with Crippen LogP contribution >= 0.6 is 23.3 Å². The van der Waals surface area contributed by atoms with Gasteiger partial charge in [-0.3, -0.25) is 14.3 Å². The Balaban J connectivity index is 1.43. The number of hydrogen-bond donors (Lipinski definition) is 2. The third-order valence-corrected chi connectivity index (χ3v) is 5.09. The molecule has 0 fully saturated rings. The van der Waals surface area contributed by atoms with Crippen molar-refractivity contribution in [1.29, 1.82) is 0 Å². The van der Waals surface area contributed by atoms with Gasteiger partial charge in [-0.05, 0) is 24.3 Å². The van der Waals surface area contributed by atoms with E-state index in [9.17, 15) is 9.59 Å². The van der Waals surface area contributed by atoms with E-state index in [-0.39, 0.29) is 24.7 Å². The number of thiazole rings is 1. The van der Waals surface area contributed by atoms with Crippen LogP contribution in [0.1, 0.15) is 12.8 Å². The van der Waals surface area contributed by atoms with Gasteiger partial charge in [-0.1, -0.05) is 30.3 Å². The summed E-state index contributed by atoms with van der Waals surface area (Å²) in [5, 5.41) is 2.75. The Morgan fingerprint density at radius 1 is 0.958 bits per heavy atom. The summed E-state index contributed by atoms with van der Waals surface area (Å²) in [5.74, 6) is -0.371. The zero-order valence-corrected chi connectivity index (χ0v) is 14.3. The minimum Gasteiger partial charge on any atom is -0.326 e. The number of rotatable bonds is 6. The fraction of sp³-hybridized carbons (Fsp3) is 0.118. The molecule has 7 heteroatoms. The Hall–Kier alpha value is -2.38. The summed E-state index contributed by atoms with van der Waals surface area (Å²) in [6, 6.07) is 17.0. The molecule has 0 saturated heterocycles. The maximum absolute atomic E-state index is 11.9. The van der Waals surface area contributed by atoms with Crippen molar-refractivity contribution < 1.29 is 9.59 Å². The third-order valence-electron chi connectivity index (χ3n) is 3.16. The first-order valence-corrected chi connectivity index (χ1v) is 9.00. The molecule has 0 bridgehead atoms. The van der Waals surface area contributed by atoms with Crippen LogP contribution in [-0.2, 0) is 9.59 Å². The molecule has 0 aliphatic rings. The van der Waals surface area contributed by atoms with Crippen LogP contribution in [0.3, 0.4) is 0 Å². The molecule has 2 aromatic carbocycles. The van der Waals surface area contributed by atoms with E-state index in [4.69, 9.17) is 0 Å². The number of nitrogens with zero attached hydrogens (tertiary/aromatic N) is 1. The van der Waals surface area contributed by atoms with E-state index < -0.39 is 0 Å². The van der Waals surface area contributed by atoms with Gasteiger partial charge in [0, 0.05) is 30.5 Å². The molecular formula is C17H15N3O2S2. The Morgan fingerprint density at radius 2 is 1.67 bits per heavy atom. The van der Waals surface area contributed by atoms with E-state index in [1.54, 1.807) is 12.1 Å². The standard InChI is InChI=1S/C17H15N3O2S2/c21-15(18-12-6-2-1-3-7-12)10-11-16(22)20-24-17-19-13-8-4-5-9-14(13)23-17/h1-9H,10-11H2,(H,18,21)(H,20,22). The molecule has 1 heterocycles. The van der Waals surface area contributed by atoms with Gasteiger partial charge in [0.1, 0.15) is 0 Å². The van der Waals surface area contributed by atoms with E-state index in [0.717, 1.165) is 20.2 Å². The molecule has 0 radical (unpaired) electrons. The highest BCUT2D eigenvalue weighted by Crippen LogP contribution is 2.27. The number of fused-ring (bicyclic) bond motifs is 1. The lowest BCUT2D eigenvalue weighted by molar-refractivity contribution is -0.123. The minimum absolute atomic E-state index is 0.135. The molecule has 1 aromatic heterocycles. The average molecular weight is 357 g/mol. The normalized spacial score (nSPS) is 10.5. The summed E-state index contributed by atoms with van der Waals surface area (Å²) in [7, 11) is 0. The van der Waals surface area contributed by atoms with Crippen LogP contribution in [0.2, 0.25) is 0 Å². The molecule has 122 valence electrons. The molecule has 0 spiro atoms. The number of amides is 2. The number of nitrogens with one attached hydrogen (secondary N) is 2. The second-order valence-electron chi connectivity index (χ2n) is 4.99. The number of aromatic nitrogens is 1. The molecule has 24 heavy (non-hydrogen) atoms. The number of carbonyl (C=O) groups is 2. The maximum atomic E-state index is 11.9. The van der Waals surface area contributed by atoms with Crippen molar-refractivity contribution in [2.75, 3.05) is 5.32 Å². The highest BCUT2D eigenvalue weighted by atomic mass is 32.2. The van der Waals surface area contributed by atoms with Gasteiger partial charge in [0.2, 0.25) is 11.8 Å².